The van der Waals surface area contributed by atoms with E-state index in [-0.39, 0.29) is 12.1 Å². The molecule has 0 aromatic heterocycles. The molecule has 3 saturated carbocycles. The van der Waals surface area contributed by atoms with Crippen LogP contribution in [0.1, 0.15) is 128 Å². The fourth-order valence-corrected chi connectivity index (χ4v) is 9.85. The lowest BCUT2D eigenvalue weighted by molar-refractivity contribution is -0.0594. The summed E-state index contributed by atoms with van der Waals surface area (Å²) in [6.45, 7) is 14.7. The van der Waals surface area contributed by atoms with Gasteiger partial charge in [0.15, 0.2) is 0 Å². The summed E-state index contributed by atoms with van der Waals surface area (Å²) in [5.41, 5.74) is 4.39. The average Bonchev–Trinajstić information content (AvgIpc) is 3.26. The number of carbonyl (C=O) groups is 1. The molecule has 8 atom stereocenters. The summed E-state index contributed by atoms with van der Waals surface area (Å²) in [5.74, 6) is 5.03. The first-order valence-electron chi connectivity index (χ1n) is 16.1. The zero-order valence-corrected chi connectivity index (χ0v) is 25.2. The van der Waals surface area contributed by atoms with Gasteiger partial charge in [-0.15, -0.1) is 0 Å². The Morgan fingerprint density at radius 2 is 1.74 bits per heavy atom. The molecule has 2 heteroatoms. The maximum absolute atomic E-state index is 12.9. The lowest BCUT2D eigenvalue weighted by atomic mass is 9.47. The van der Waals surface area contributed by atoms with E-state index in [2.05, 4.69) is 59.8 Å². The van der Waals surface area contributed by atoms with Gasteiger partial charge in [0.05, 0.1) is 5.56 Å². The molecule has 38 heavy (non-hydrogen) atoms. The first-order chi connectivity index (χ1) is 18.2. The highest BCUT2D eigenvalue weighted by molar-refractivity contribution is 5.89. The number of rotatable bonds is 8. The SMILES string of the molecule is CCc1ccc(C(=O)OC2CCC3(C)C(=CCC4C3CCC3(C)C(C(C)CCCC(C)C)CCC43)C2)cc1. The molecule has 210 valence electrons. The van der Waals surface area contributed by atoms with Crippen LogP contribution in [0, 0.1) is 46.3 Å². The van der Waals surface area contributed by atoms with Crippen molar-refractivity contribution in [1.29, 1.82) is 0 Å². The van der Waals surface area contributed by atoms with E-state index in [9.17, 15) is 4.79 Å². The highest BCUT2D eigenvalue weighted by atomic mass is 16.5. The van der Waals surface area contributed by atoms with Gasteiger partial charge >= 0.3 is 5.97 Å². The van der Waals surface area contributed by atoms with E-state index >= 15 is 0 Å². The summed E-state index contributed by atoms with van der Waals surface area (Å²) >= 11 is 0. The highest BCUT2D eigenvalue weighted by Crippen LogP contribution is 2.67. The van der Waals surface area contributed by atoms with Crippen LogP contribution in [0.5, 0.6) is 0 Å². The van der Waals surface area contributed by atoms with Crippen molar-refractivity contribution in [2.75, 3.05) is 0 Å². The molecule has 0 saturated heterocycles. The smallest absolute Gasteiger partial charge is 0.338 e. The number of carbonyl (C=O) groups excluding carboxylic acids is 1. The molecule has 0 amide bonds. The largest absolute Gasteiger partial charge is 0.458 e. The number of hydrogen-bond acceptors (Lipinski definition) is 2. The Labute approximate surface area is 233 Å². The maximum Gasteiger partial charge on any atom is 0.338 e. The summed E-state index contributed by atoms with van der Waals surface area (Å²) in [4.78, 5) is 12.9. The van der Waals surface area contributed by atoms with Crippen LogP contribution in [0.25, 0.3) is 0 Å². The monoisotopic (exact) mass is 518 g/mol. The maximum atomic E-state index is 12.9. The van der Waals surface area contributed by atoms with Crippen molar-refractivity contribution in [3.05, 3.63) is 47.0 Å². The van der Waals surface area contributed by atoms with Crippen LogP contribution in [0.2, 0.25) is 0 Å². The van der Waals surface area contributed by atoms with E-state index in [0.29, 0.717) is 16.4 Å². The molecule has 2 nitrogen and oxygen atoms in total. The average molecular weight is 519 g/mol. The van der Waals surface area contributed by atoms with Gasteiger partial charge in [-0.05, 0) is 115 Å². The molecular weight excluding hydrogens is 464 g/mol. The Morgan fingerprint density at radius 1 is 0.974 bits per heavy atom. The molecule has 3 fully saturated rings. The van der Waals surface area contributed by atoms with Crippen molar-refractivity contribution in [3.63, 3.8) is 0 Å². The number of allylic oxidation sites excluding steroid dienone is 1. The van der Waals surface area contributed by atoms with Gasteiger partial charge in [-0.2, -0.15) is 0 Å². The summed E-state index contributed by atoms with van der Waals surface area (Å²) in [7, 11) is 0. The Hall–Kier alpha value is -1.57. The molecule has 5 rings (SSSR count). The molecule has 1 aromatic carbocycles. The first-order valence-corrected chi connectivity index (χ1v) is 16.1. The second-order valence-electron chi connectivity index (χ2n) is 14.6. The molecule has 0 bridgehead atoms. The topological polar surface area (TPSA) is 26.3 Å². The normalized spacial score (nSPS) is 37.1. The zero-order chi connectivity index (χ0) is 27.1. The molecule has 0 radical (unpaired) electrons. The van der Waals surface area contributed by atoms with Crippen molar-refractivity contribution in [1.82, 2.24) is 0 Å². The summed E-state index contributed by atoms with van der Waals surface area (Å²) in [5, 5.41) is 0. The third kappa shape index (κ3) is 5.15. The number of hydrogen-bond donors (Lipinski definition) is 0. The van der Waals surface area contributed by atoms with Gasteiger partial charge < -0.3 is 4.74 Å². The van der Waals surface area contributed by atoms with Crippen LogP contribution in [0.4, 0.5) is 0 Å². The standard InChI is InChI=1S/C36H54O2/c1-7-26-11-13-27(14-12-26)34(37)38-29-19-21-35(5)28(23-29)15-16-30-32-18-17-31(25(4)10-8-9-24(2)3)36(32,6)22-20-33(30)35/h11-15,24-25,29-33H,7-10,16-23H2,1-6H3. The van der Waals surface area contributed by atoms with Crippen LogP contribution in [0.15, 0.2) is 35.9 Å². The van der Waals surface area contributed by atoms with E-state index in [1.54, 1.807) is 5.57 Å². The highest BCUT2D eigenvalue weighted by Gasteiger charge is 2.59. The van der Waals surface area contributed by atoms with Crippen LogP contribution in [-0.4, -0.2) is 12.1 Å². The fraction of sp³-hybridized carbons (Fsp3) is 0.750. The molecule has 0 heterocycles. The number of fused-ring (bicyclic) bond motifs is 5. The third-order valence-electron chi connectivity index (χ3n) is 12.1. The molecule has 0 spiro atoms. The van der Waals surface area contributed by atoms with Gasteiger partial charge in [0.25, 0.3) is 0 Å². The van der Waals surface area contributed by atoms with Crippen molar-refractivity contribution < 1.29 is 9.53 Å². The number of esters is 1. The predicted octanol–water partition coefficient (Wildman–Crippen LogP) is 9.82. The first kappa shape index (κ1) is 28.0. The number of ether oxygens (including phenoxy) is 1. The number of benzene rings is 1. The van der Waals surface area contributed by atoms with Crippen molar-refractivity contribution in [2.45, 2.75) is 125 Å². The van der Waals surface area contributed by atoms with Gasteiger partial charge in [-0.25, -0.2) is 4.79 Å². The number of aryl methyl sites for hydroxylation is 1. The minimum atomic E-state index is -0.150. The molecule has 0 N–H and O–H groups in total. The summed E-state index contributed by atoms with van der Waals surface area (Å²) < 4.78 is 6.07. The molecule has 4 aliphatic rings. The van der Waals surface area contributed by atoms with E-state index in [0.717, 1.165) is 54.8 Å². The Bertz CT molecular complexity index is 1000. The minimum Gasteiger partial charge on any atom is -0.458 e. The van der Waals surface area contributed by atoms with E-state index in [4.69, 9.17) is 4.74 Å². The second-order valence-corrected chi connectivity index (χ2v) is 14.6. The third-order valence-corrected chi connectivity index (χ3v) is 12.1. The molecule has 0 aliphatic heterocycles. The van der Waals surface area contributed by atoms with Gasteiger partial charge in [0.2, 0.25) is 0 Å². The van der Waals surface area contributed by atoms with Crippen molar-refractivity contribution >= 4 is 5.97 Å². The van der Waals surface area contributed by atoms with Crippen LogP contribution >= 0.6 is 0 Å². The van der Waals surface area contributed by atoms with E-state index < -0.39 is 0 Å². The Balaban J connectivity index is 1.24. The molecule has 4 aliphatic carbocycles. The second kappa shape index (κ2) is 11.1. The molecule has 8 unspecified atom stereocenters. The van der Waals surface area contributed by atoms with Gasteiger partial charge in [-0.1, -0.05) is 84.6 Å². The van der Waals surface area contributed by atoms with Crippen LogP contribution in [0.3, 0.4) is 0 Å². The van der Waals surface area contributed by atoms with Crippen LogP contribution in [-0.2, 0) is 11.2 Å². The van der Waals surface area contributed by atoms with Gasteiger partial charge in [0.1, 0.15) is 6.10 Å². The molecule has 1 aromatic rings. The van der Waals surface area contributed by atoms with Crippen LogP contribution < -0.4 is 0 Å². The van der Waals surface area contributed by atoms with E-state index in [1.807, 2.05) is 12.1 Å². The molecular formula is C36H54O2. The lowest BCUT2D eigenvalue weighted by Gasteiger charge is -2.58. The quantitative estimate of drug-likeness (QED) is 0.253. The van der Waals surface area contributed by atoms with Gasteiger partial charge in [-0.3, -0.25) is 0 Å². The van der Waals surface area contributed by atoms with Crippen molar-refractivity contribution in [2.24, 2.45) is 46.3 Å². The Kier molecular flexibility index (Phi) is 8.19. The Morgan fingerprint density at radius 3 is 2.45 bits per heavy atom. The van der Waals surface area contributed by atoms with Crippen molar-refractivity contribution in [3.8, 4) is 0 Å². The fourth-order valence-electron chi connectivity index (χ4n) is 9.85. The summed E-state index contributed by atoms with van der Waals surface area (Å²) in [6, 6.07) is 7.96. The van der Waals surface area contributed by atoms with E-state index in [1.165, 1.54) is 63.4 Å². The lowest BCUT2D eigenvalue weighted by Crippen LogP contribution is -2.51. The van der Waals surface area contributed by atoms with Gasteiger partial charge in [0, 0.05) is 6.42 Å². The zero-order valence-electron chi connectivity index (χ0n) is 25.2. The summed E-state index contributed by atoms with van der Waals surface area (Å²) in [6.07, 6.45) is 17.9. The minimum absolute atomic E-state index is 0.0284. The predicted molar refractivity (Wildman–Crippen MR) is 158 cm³/mol.